The first-order chi connectivity index (χ1) is 7.06. The van der Waals surface area contributed by atoms with Crippen molar-refractivity contribution in [2.24, 2.45) is 0 Å². The second-order valence-electron chi connectivity index (χ2n) is 3.02. The fourth-order valence-electron chi connectivity index (χ4n) is 1.00. The molecule has 1 aromatic rings. The number of carbonyl (C=O) groups is 2. The molecule has 0 unspecified atom stereocenters. The fraction of sp³-hybridized carbons (Fsp3) is 0.444. The van der Waals surface area contributed by atoms with Crippen molar-refractivity contribution < 1.29 is 14.7 Å². The predicted octanol–water partition coefficient (Wildman–Crippen LogP) is 1.60. The smallest absolute Gasteiger partial charge is 0.355 e. The van der Waals surface area contributed by atoms with Gasteiger partial charge in [0.25, 0.3) is 0 Å². The standard InChI is InChI=1S/C9H12N2O3S/c1-3-4-7(12)11(2)9-10-6(5-15-9)8(13)14/h5H,3-4H2,1-2H3,(H,13,14). The van der Waals surface area contributed by atoms with Gasteiger partial charge in [0.05, 0.1) is 0 Å². The number of carboxylic acids is 1. The highest BCUT2D eigenvalue weighted by atomic mass is 32.1. The molecule has 0 aromatic carbocycles. The summed E-state index contributed by atoms with van der Waals surface area (Å²) in [6, 6.07) is 0. The molecule has 0 spiro atoms. The molecule has 5 nitrogen and oxygen atoms in total. The van der Waals surface area contributed by atoms with Crippen molar-refractivity contribution in [1.29, 1.82) is 0 Å². The summed E-state index contributed by atoms with van der Waals surface area (Å²) in [7, 11) is 1.60. The Labute approximate surface area is 91.4 Å². The van der Waals surface area contributed by atoms with Crippen LogP contribution in [-0.2, 0) is 4.79 Å². The third-order valence-electron chi connectivity index (χ3n) is 1.84. The third-order valence-corrected chi connectivity index (χ3v) is 2.75. The summed E-state index contributed by atoms with van der Waals surface area (Å²) in [5.41, 5.74) is -0.0221. The van der Waals surface area contributed by atoms with Crippen LogP contribution in [0.2, 0.25) is 0 Å². The van der Waals surface area contributed by atoms with Crippen LogP contribution in [0.4, 0.5) is 5.13 Å². The van der Waals surface area contributed by atoms with Crippen molar-refractivity contribution in [3.63, 3.8) is 0 Å². The van der Waals surface area contributed by atoms with E-state index in [-0.39, 0.29) is 11.6 Å². The van der Waals surface area contributed by atoms with Crippen LogP contribution < -0.4 is 4.90 Å². The van der Waals surface area contributed by atoms with E-state index in [1.165, 1.54) is 10.3 Å². The SMILES string of the molecule is CCCC(=O)N(C)c1nc(C(=O)O)cs1. The number of nitrogens with zero attached hydrogens (tertiary/aromatic N) is 2. The van der Waals surface area contributed by atoms with Gasteiger partial charge in [-0.15, -0.1) is 11.3 Å². The molecule has 15 heavy (non-hydrogen) atoms. The summed E-state index contributed by atoms with van der Waals surface area (Å²) >= 11 is 1.15. The maximum Gasteiger partial charge on any atom is 0.355 e. The minimum atomic E-state index is -1.08. The molecule has 6 heteroatoms. The molecule has 82 valence electrons. The lowest BCUT2D eigenvalue weighted by Crippen LogP contribution is -2.25. The second-order valence-corrected chi connectivity index (χ2v) is 3.86. The van der Waals surface area contributed by atoms with Gasteiger partial charge in [-0.3, -0.25) is 9.69 Å². The normalized spacial score (nSPS) is 10.0. The summed E-state index contributed by atoms with van der Waals surface area (Å²) < 4.78 is 0. The predicted molar refractivity (Wildman–Crippen MR) is 57.4 cm³/mol. The summed E-state index contributed by atoms with van der Waals surface area (Å²) in [5.74, 6) is -1.13. The summed E-state index contributed by atoms with van der Waals surface area (Å²) in [4.78, 5) is 27.3. The largest absolute Gasteiger partial charge is 0.476 e. The van der Waals surface area contributed by atoms with E-state index < -0.39 is 5.97 Å². The van der Waals surface area contributed by atoms with Gasteiger partial charge in [-0.2, -0.15) is 0 Å². The molecule has 0 aliphatic rings. The number of rotatable bonds is 4. The Kier molecular flexibility index (Phi) is 3.79. The van der Waals surface area contributed by atoms with Gasteiger partial charge in [-0.25, -0.2) is 9.78 Å². The van der Waals surface area contributed by atoms with Crippen LogP contribution in [0.15, 0.2) is 5.38 Å². The average molecular weight is 228 g/mol. The molecule has 0 saturated heterocycles. The Bertz CT molecular complexity index is 375. The zero-order chi connectivity index (χ0) is 11.4. The molecular formula is C9H12N2O3S. The molecule has 0 bridgehead atoms. The maximum absolute atomic E-state index is 11.5. The monoisotopic (exact) mass is 228 g/mol. The van der Waals surface area contributed by atoms with Gasteiger partial charge in [0.15, 0.2) is 10.8 Å². The number of anilines is 1. The van der Waals surface area contributed by atoms with Gasteiger partial charge in [-0.05, 0) is 6.42 Å². The zero-order valence-corrected chi connectivity index (χ0v) is 9.37. The number of hydrogen-bond donors (Lipinski definition) is 1. The van der Waals surface area contributed by atoms with Gasteiger partial charge < -0.3 is 5.11 Å². The molecule has 0 radical (unpaired) electrons. The van der Waals surface area contributed by atoms with Crippen molar-refractivity contribution in [3.8, 4) is 0 Å². The van der Waals surface area contributed by atoms with Crippen molar-refractivity contribution >= 4 is 28.3 Å². The molecule has 0 fully saturated rings. The van der Waals surface area contributed by atoms with Crippen LogP contribution >= 0.6 is 11.3 Å². The number of amides is 1. The Hall–Kier alpha value is -1.43. The molecule has 0 atom stereocenters. The maximum atomic E-state index is 11.5. The highest BCUT2D eigenvalue weighted by molar-refractivity contribution is 7.14. The Morgan fingerprint density at radius 3 is 2.73 bits per heavy atom. The zero-order valence-electron chi connectivity index (χ0n) is 8.56. The van der Waals surface area contributed by atoms with Gasteiger partial charge >= 0.3 is 5.97 Å². The minimum absolute atomic E-state index is 0.0221. The van der Waals surface area contributed by atoms with E-state index in [1.54, 1.807) is 7.05 Å². The van der Waals surface area contributed by atoms with E-state index in [0.717, 1.165) is 17.8 Å². The van der Waals surface area contributed by atoms with E-state index in [1.807, 2.05) is 6.92 Å². The van der Waals surface area contributed by atoms with Gasteiger partial charge in [-0.1, -0.05) is 6.92 Å². The lowest BCUT2D eigenvalue weighted by Gasteiger charge is -2.12. The van der Waals surface area contributed by atoms with Gasteiger partial charge in [0.2, 0.25) is 5.91 Å². The molecule has 1 N–H and O–H groups in total. The van der Waals surface area contributed by atoms with Crippen LogP contribution in [0.25, 0.3) is 0 Å². The Morgan fingerprint density at radius 2 is 2.27 bits per heavy atom. The average Bonchev–Trinajstić information content (AvgIpc) is 2.65. The van der Waals surface area contributed by atoms with E-state index in [2.05, 4.69) is 4.98 Å². The van der Waals surface area contributed by atoms with Crippen molar-refractivity contribution in [3.05, 3.63) is 11.1 Å². The van der Waals surface area contributed by atoms with Crippen molar-refractivity contribution in [2.75, 3.05) is 11.9 Å². The molecule has 1 amide bonds. The number of aromatic carboxylic acids is 1. The third kappa shape index (κ3) is 2.76. The van der Waals surface area contributed by atoms with Crippen LogP contribution in [0.3, 0.4) is 0 Å². The van der Waals surface area contributed by atoms with Crippen molar-refractivity contribution in [1.82, 2.24) is 4.98 Å². The van der Waals surface area contributed by atoms with E-state index in [0.29, 0.717) is 11.6 Å². The first kappa shape index (κ1) is 11.6. The lowest BCUT2D eigenvalue weighted by molar-refractivity contribution is -0.118. The molecule has 1 aromatic heterocycles. The summed E-state index contributed by atoms with van der Waals surface area (Å²) in [6.45, 7) is 1.91. The number of carboxylic acid groups (broad SMARTS) is 1. The topological polar surface area (TPSA) is 70.5 Å². The lowest BCUT2D eigenvalue weighted by atomic mass is 10.3. The first-order valence-corrected chi connectivity index (χ1v) is 5.39. The summed E-state index contributed by atoms with van der Waals surface area (Å²) in [5, 5.41) is 10.5. The minimum Gasteiger partial charge on any atom is -0.476 e. The quantitative estimate of drug-likeness (QED) is 0.849. The number of thiazole rings is 1. The van der Waals surface area contributed by atoms with E-state index in [9.17, 15) is 9.59 Å². The van der Waals surface area contributed by atoms with Crippen LogP contribution in [-0.4, -0.2) is 29.0 Å². The number of carbonyl (C=O) groups excluding carboxylic acids is 1. The van der Waals surface area contributed by atoms with E-state index >= 15 is 0 Å². The highest BCUT2D eigenvalue weighted by Crippen LogP contribution is 2.20. The molecule has 1 rings (SSSR count). The first-order valence-electron chi connectivity index (χ1n) is 4.51. The number of aromatic nitrogens is 1. The van der Waals surface area contributed by atoms with Crippen molar-refractivity contribution in [2.45, 2.75) is 19.8 Å². The molecule has 0 aliphatic carbocycles. The molecule has 1 heterocycles. The fourth-order valence-corrected chi connectivity index (χ4v) is 1.79. The molecular weight excluding hydrogens is 216 g/mol. The Balaban J connectivity index is 2.78. The number of hydrogen-bond acceptors (Lipinski definition) is 4. The second kappa shape index (κ2) is 4.88. The van der Waals surface area contributed by atoms with Crippen LogP contribution in [0.1, 0.15) is 30.3 Å². The molecule has 0 aliphatic heterocycles. The summed E-state index contributed by atoms with van der Waals surface area (Å²) in [6.07, 6.45) is 1.21. The van der Waals surface area contributed by atoms with E-state index in [4.69, 9.17) is 5.11 Å². The van der Waals surface area contributed by atoms with Crippen LogP contribution in [0.5, 0.6) is 0 Å². The highest BCUT2D eigenvalue weighted by Gasteiger charge is 2.15. The van der Waals surface area contributed by atoms with Crippen LogP contribution in [0, 0.1) is 0 Å². The van der Waals surface area contributed by atoms with Gasteiger partial charge in [0.1, 0.15) is 0 Å². The molecule has 0 saturated carbocycles. The van der Waals surface area contributed by atoms with Gasteiger partial charge in [0, 0.05) is 18.8 Å². The Morgan fingerprint density at radius 1 is 1.60 bits per heavy atom.